The SMILES string of the molecule is C=CCSC[C@H](NCc1c(OC)cc(OC)cc1OC)C(=O)OC. The zero-order chi connectivity index (χ0) is 17.9. The van der Waals surface area contributed by atoms with E-state index in [9.17, 15) is 4.79 Å². The normalized spacial score (nSPS) is 11.5. The van der Waals surface area contributed by atoms with Gasteiger partial charge in [-0.25, -0.2) is 0 Å². The smallest absolute Gasteiger partial charge is 0.323 e. The second kappa shape index (κ2) is 10.8. The zero-order valence-electron chi connectivity index (χ0n) is 14.6. The predicted molar refractivity (Wildman–Crippen MR) is 96.3 cm³/mol. The molecule has 1 N–H and O–H groups in total. The molecule has 0 unspecified atom stereocenters. The fourth-order valence-electron chi connectivity index (χ4n) is 2.10. The van der Waals surface area contributed by atoms with Gasteiger partial charge in [-0.3, -0.25) is 10.1 Å². The maximum Gasteiger partial charge on any atom is 0.323 e. The van der Waals surface area contributed by atoms with Crippen LogP contribution in [0.5, 0.6) is 17.2 Å². The van der Waals surface area contributed by atoms with E-state index in [-0.39, 0.29) is 5.97 Å². The number of rotatable bonds is 11. The second-order valence-electron chi connectivity index (χ2n) is 4.79. The van der Waals surface area contributed by atoms with E-state index in [0.29, 0.717) is 29.5 Å². The monoisotopic (exact) mass is 355 g/mol. The Labute approximate surface area is 147 Å². The Morgan fingerprint density at radius 2 is 1.83 bits per heavy atom. The van der Waals surface area contributed by atoms with Crippen molar-refractivity contribution >= 4 is 17.7 Å². The molecule has 0 saturated heterocycles. The second-order valence-corrected chi connectivity index (χ2v) is 5.87. The van der Waals surface area contributed by atoms with E-state index in [1.165, 1.54) is 7.11 Å². The summed E-state index contributed by atoms with van der Waals surface area (Å²) >= 11 is 1.60. The Morgan fingerprint density at radius 1 is 1.21 bits per heavy atom. The third kappa shape index (κ3) is 5.65. The first kappa shape index (κ1) is 20.2. The van der Waals surface area contributed by atoms with Crippen molar-refractivity contribution in [2.24, 2.45) is 0 Å². The fourth-order valence-corrected chi connectivity index (χ4v) is 2.89. The van der Waals surface area contributed by atoms with Gasteiger partial charge >= 0.3 is 5.97 Å². The predicted octanol–water partition coefficient (Wildman–Crippen LogP) is 2.26. The first-order valence-electron chi connectivity index (χ1n) is 7.39. The van der Waals surface area contributed by atoms with Crippen LogP contribution in [0.1, 0.15) is 5.56 Å². The van der Waals surface area contributed by atoms with Crippen molar-refractivity contribution in [1.82, 2.24) is 5.32 Å². The number of hydrogen-bond acceptors (Lipinski definition) is 7. The molecule has 0 bridgehead atoms. The van der Waals surface area contributed by atoms with Gasteiger partial charge < -0.3 is 18.9 Å². The lowest BCUT2D eigenvalue weighted by molar-refractivity contribution is -0.142. The van der Waals surface area contributed by atoms with Crippen LogP contribution in [0.2, 0.25) is 0 Å². The third-order valence-electron chi connectivity index (χ3n) is 3.35. The molecule has 24 heavy (non-hydrogen) atoms. The summed E-state index contributed by atoms with van der Waals surface area (Å²) in [6.45, 7) is 4.07. The van der Waals surface area contributed by atoms with Crippen molar-refractivity contribution in [3.8, 4) is 17.2 Å². The first-order chi connectivity index (χ1) is 11.6. The molecule has 0 fully saturated rings. The van der Waals surface area contributed by atoms with Crippen LogP contribution in [0.3, 0.4) is 0 Å². The first-order valence-corrected chi connectivity index (χ1v) is 8.55. The standard InChI is InChI=1S/C17H25NO5S/c1-6-7-24-11-14(17(19)23-5)18-10-13-15(21-3)8-12(20-2)9-16(13)22-4/h6,8-9,14,18H,1,7,10-11H2,2-5H3/t14-/m0/s1. The van der Waals surface area contributed by atoms with Gasteiger partial charge in [-0.15, -0.1) is 6.58 Å². The molecule has 7 heteroatoms. The minimum Gasteiger partial charge on any atom is -0.496 e. The lowest BCUT2D eigenvalue weighted by Crippen LogP contribution is -2.39. The van der Waals surface area contributed by atoms with Crippen molar-refractivity contribution in [2.45, 2.75) is 12.6 Å². The Kier molecular flexibility index (Phi) is 9.11. The highest BCUT2D eigenvalue weighted by atomic mass is 32.2. The summed E-state index contributed by atoms with van der Waals surface area (Å²) in [5.41, 5.74) is 0.809. The van der Waals surface area contributed by atoms with E-state index in [1.54, 1.807) is 51.3 Å². The molecule has 0 amide bonds. The summed E-state index contributed by atoms with van der Waals surface area (Å²) in [6, 6.07) is 3.12. The quantitative estimate of drug-likeness (QED) is 0.371. The van der Waals surface area contributed by atoms with Crippen LogP contribution >= 0.6 is 11.8 Å². The van der Waals surface area contributed by atoms with Gasteiger partial charge in [0.2, 0.25) is 0 Å². The summed E-state index contributed by atoms with van der Waals surface area (Å²) in [7, 11) is 6.12. The van der Waals surface area contributed by atoms with Crippen LogP contribution in [0.15, 0.2) is 24.8 Å². The van der Waals surface area contributed by atoms with Crippen LogP contribution in [-0.4, -0.2) is 52.0 Å². The molecule has 0 radical (unpaired) electrons. The van der Waals surface area contributed by atoms with E-state index in [0.717, 1.165) is 11.3 Å². The summed E-state index contributed by atoms with van der Waals surface area (Å²) in [5.74, 6) is 2.93. The number of nitrogens with one attached hydrogen (secondary N) is 1. The van der Waals surface area contributed by atoms with E-state index in [1.807, 2.05) is 0 Å². The number of hydrogen-bond donors (Lipinski definition) is 1. The van der Waals surface area contributed by atoms with Gasteiger partial charge in [-0.05, 0) is 0 Å². The number of benzene rings is 1. The largest absolute Gasteiger partial charge is 0.496 e. The van der Waals surface area contributed by atoms with Crippen LogP contribution in [-0.2, 0) is 16.1 Å². The molecule has 1 rings (SSSR count). The third-order valence-corrected chi connectivity index (χ3v) is 4.39. The molecule has 1 aromatic carbocycles. The van der Waals surface area contributed by atoms with Crippen molar-refractivity contribution in [3.63, 3.8) is 0 Å². The molecule has 0 aromatic heterocycles. The minimum atomic E-state index is -0.434. The van der Waals surface area contributed by atoms with E-state index in [4.69, 9.17) is 18.9 Å². The molecule has 0 spiro atoms. The molecule has 0 aliphatic heterocycles. The highest BCUT2D eigenvalue weighted by Gasteiger charge is 2.21. The van der Waals surface area contributed by atoms with E-state index < -0.39 is 6.04 Å². The summed E-state index contributed by atoms with van der Waals surface area (Å²) in [4.78, 5) is 11.9. The van der Waals surface area contributed by atoms with Gasteiger partial charge in [0.25, 0.3) is 0 Å². The number of carbonyl (C=O) groups excluding carboxylic acids is 1. The minimum absolute atomic E-state index is 0.307. The van der Waals surface area contributed by atoms with Crippen LogP contribution in [0.25, 0.3) is 0 Å². The molecule has 0 saturated carbocycles. The Bertz CT molecular complexity index is 525. The van der Waals surface area contributed by atoms with Crippen LogP contribution in [0, 0.1) is 0 Å². The Balaban J connectivity index is 2.92. The highest BCUT2D eigenvalue weighted by Crippen LogP contribution is 2.34. The fraction of sp³-hybridized carbons (Fsp3) is 0.471. The number of ether oxygens (including phenoxy) is 4. The zero-order valence-corrected chi connectivity index (χ0v) is 15.4. The number of thioether (sulfide) groups is 1. The van der Waals surface area contributed by atoms with Gasteiger partial charge in [0.1, 0.15) is 23.3 Å². The van der Waals surface area contributed by atoms with Gasteiger partial charge in [0.05, 0.1) is 34.0 Å². The average molecular weight is 355 g/mol. The summed E-state index contributed by atoms with van der Waals surface area (Å²) in [5, 5.41) is 3.20. The van der Waals surface area contributed by atoms with Gasteiger partial charge in [0.15, 0.2) is 0 Å². The van der Waals surface area contributed by atoms with E-state index in [2.05, 4.69) is 11.9 Å². The lowest BCUT2D eigenvalue weighted by atomic mass is 10.1. The van der Waals surface area contributed by atoms with Crippen molar-refractivity contribution in [3.05, 3.63) is 30.4 Å². The molecule has 0 aliphatic rings. The topological polar surface area (TPSA) is 66.0 Å². The highest BCUT2D eigenvalue weighted by molar-refractivity contribution is 7.99. The van der Waals surface area contributed by atoms with Crippen LogP contribution in [0.4, 0.5) is 0 Å². The molecule has 6 nitrogen and oxygen atoms in total. The molecule has 1 aromatic rings. The van der Waals surface area contributed by atoms with Gasteiger partial charge in [-0.2, -0.15) is 11.8 Å². The molecule has 0 aliphatic carbocycles. The lowest BCUT2D eigenvalue weighted by Gasteiger charge is -2.19. The number of methoxy groups -OCH3 is 4. The van der Waals surface area contributed by atoms with Gasteiger partial charge in [0, 0.05) is 30.2 Å². The summed E-state index contributed by atoms with van der Waals surface area (Å²) in [6.07, 6.45) is 1.80. The molecular formula is C17H25NO5S. The van der Waals surface area contributed by atoms with Crippen molar-refractivity contribution in [1.29, 1.82) is 0 Å². The van der Waals surface area contributed by atoms with E-state index >= 15 is 0 Å². The maximum atomic E-state index is 11.9. The summed E-state index contributed by atoms with van der Waals surface area (Å²) < 4.78 is 20.9. The molecule has 134 valence electrons. The van der Waals surface area contributed by atoms with Crippen LogP contribution < -0.4 is 19.5 Å². The van der Waals surface area contributed by atoms with Gasteiger partial charge in [-0.1, -0.05) is 6.08 Å². The average Bonchev–Trinajstić information content (AvgIpc) is 2.63. The number of carbonyl (C=O) groups is 1. The molecular weight excluding hydrogens is 330 g/mol. The molecule has 1 atom stereocenters. The maximum absolute atomic E-state index is 11.9. The Hall–Kier alpha value is -1.86. The molecule has 0 heterocycles. The van der Waals surface area contributed by atoms with Crippen molar-refractivity contribution in [2.75, 3.05) is 39.9 Å². The number of esters is 1. The Morgan fingerprint density at radius 3 is 2.29 bits per heavy atom. The van der Waals surface area contributed by atoms with Crippen molar-refractivity contribution < 1.29 is 23.7 Å².